The van der Waals surface area contributed by atoms with E-state index in [-0.39, 0.29) is 19.1 Å². The molecular weight excluding hydrogens is 440 g/mol. The van der Waals surface area contributed by atoms with E-state index >= 15 is 0 Å². The average Bonchev–Trinajstić information content (AvgIpc) is 3.21. The van der Waals surface area contributed by atoms with Crippen LogP contribution in [0.15, 0.2) is 72.9 Å². The number of benzene rings is 3. The molecule has 0 fully saturated rings. The second kappa shape index (κ2) is 9.10. The zero-order valence-corrected chi connectivity index (χ0v) is 19.6. The highest BCUT2D eigenvalue weighted by molar-refractivity contribution is 5.90. The van der Waals surface area contributed by atoms with E-state index in [9.17, 15) is 9.90 Å². The molecule has 0 saturated carbocycles. The van der Waals surface area contributed by atoms with E-state index in [1.54, 1.807) is 12.1 Å². The van der Waals surface area contributed by atoms with Crippen LogP contribution in [0.3, 0.4) is 0 Å². The molecule has 0 aliphatic carbocycles. The Balaban J connectivity index is 1.53. The molecule has 35 heavy (non-hydrogen) atoms. The minimum Gasteiger partial charge on any atom is -0.487 e. The molecule has 0 amide bonds. The molecule has 0 spiro atoms. The van der Waals surface area contributed by atoms with Crippen LogP contribution in [0.2, 0.25) is 0 Å². The Morgan fingerprint density at radius 2 is 1.89 bits per heavy atom. The Kier molecular flexibility index (Phi) is 5.82. The van der Waals surface area contributed by atoms with Crippen LogP contribution >= 0.6 is 0 Å². The summed E-state index contributed by atoms with van der Waals surface area (Å²) >= 11 is 0. The van der Waals surface area contributed by atoms with Crippen molar-refractivity contribution in [3.05, 3.63) is 84.2 Å². The van der Waals surface area contributed by atoms with Gasteiger partial charge >= 0.3 is 5.97 Å². The number of hydrogen-bond donors (Lipinski definition) is 2. The molecule has 2 heterocycles. The van der Waals surface area contributed by atoms with Gasteiger partial charge in [-0.1, -0.05) is 30.3 Å². The number of hydrogen-bond acceptors (Lipinski definition) is 5. The number of fused-ring (bicyclic) bond motifs is 2. The molecule has 0 bridgehead atoms. The molecule has 0 aliphatic heterocycles. The zero-order valence-electron chi connectivity index (χ0n) is 19.6. The number of nitrogen functional groups attached to an aromatic ring is 1. The maximum Gasteiger partial charge on any atom is 0.307 e. The Morgan fingerprint density at radius 3 is 2.69 bits per heavy atom. The Morgan fingerprint density at radius 1 is 1.06 bits per heavy atom. The number of anilines is 1. The van der Waals surface area contributed by atoms with E-state index in [0.29, 0.717) is 17.0 Å². The summed E-state index contributed by atoms with van der Waals surface area (Å²) in [5, 5.41) is 17.1. The number of para-hydroxylation sites is 1. The van der Waals surface area contributed by atoms with Crippen molar-refractivity contribution in [2.45, 2.75) is 32.9 Å². The average molecular weight is 467 g/mol. The highest BCUT2D eigenvalue weighted by Crippen LogP contribution is 2.30. The quantitative estimate of drug-likeness (QED) is 0.302. The number of nitrogens with two attached hydrogens (primary N) is 1. The van der Waals surface area contributed by atoms with Crippen molar-refractivity contribution >= 4 is 33.3 Å². The summed E-state index contributed by atoms with van der Waals surface area (Å²) in [6.07, 6.45) is 1.76. The van der Waals surface area contributed by atoms with Crippen LogP contribution in [0.1, 0.15) is 31.1 Å². The largest absolute Gasteiger partial charge is 0.487 e. The number of carbonyl (C=O) groups is 1. The fourth-order valence-electron chi connectivity index (χ4n) is 4.28. The predicted molar refractivity (Wildman–Crippen MR) is 137 cm³/mol. The third-order valence-electron chi connectivity index (χ3n) is 5.99. The highest BCUT2D eigenvalue weighted by atomic mass is 16.5. The van der Waals surface area contributed by atoms with Crippen LogP contribution in [0.25, 0.3) is 32.9 Å². The van der Waals surface area contributed by atoms with E-state index in [4.69, 9.17) is 15.6 Å². The van der Waals surface area contributed by atoms with E-state index < -0.39 is 5.97 Å². The molecule has 0 radical (unpaired) electrons. The van der Waals surface area contributed by atoms with Gasteiger partial charge in [-0.2, -0.15) is 5.10 Å². The molecular formula is C28H26N4O3. The van der Waals surface area contributed by atoms with Gasteiger partial charge in [0.25, 0.3) is 0 Å². The molecule has 176 valence electrons. The molecule has 5 aromatic rings. The number of nitrogens with zero attached hydrogens (tertiary/aromatic N) is 3. The fourth-order valence-corrected chi connectivity index (χ4v) is 4.28. The number of ether oxygens (including phenoxy) is 1. The van der Waals surface area contributed by atoms with Crippen molar-refractivity contribution in [1.29, 1.82) is 0 Å². The monoisotopic (exact) mass is 466 g/mol. The van der Waals surface area contributed by atoms with Crippen LogP contribution in [0, 0.1) is 0 Å². The molecule has 0 unspecified atom stereocenters. The molecule has 3 N–H and O–H groups in total. The van der Waals surface area contributed by atoms with Crippen LogP contribution < -0.4 is 10.5 Å². The van der Waals surface area contributed by atoms with Gasteiger partial charge in [0.15, 0.2) is 0 Å². The second-order valence-corrected chi connectivity index (χ2v) is 8.86. The lowest BCUT2D eigenvalue weighted by molar-refractivity contribution is -0.136. The van der Waals surface area contributed by atoms with E-state index in [0.717, 1.165) is 38.6 Å². The van der Waals surface area contributed by atoms with Gasteiger partial charge in [0.2, 0.25) is 0 Å². The molecule has 0 aliphatic rings. The van der Waals surface area contributed by atoms with Crippen LogP contribution in [0.5, 0.6) is 5.75 Å². The van der Waals surface area contributed by atoms with Crippen molar-refractivity contribution in [3.63, 3.8) is 0 Å². The van der Waals surface area contributed by atoms with Gasteiger partial charge in [0.05, 0.1) is 17.6 Å². The first kappa shape index (κ1) is 22.4. The number of aromatic nitrogens is 3. The molecule has 5 rings (SSSR count). The number of carboxylic acid groups (broad SMARTS) is 1. The minimum atomic E-state index is -0.898. The normalized spacial score (nSPS) is 11.4. The van der Waals surface area contributed by atoms with Gasteiger partial charge in [-0.15, -0.1) is 0 Å². The third kappa shape index (κ3) is 4.53. The third-order valence-corrected chi connectivity index (χ3v) is 5.99. The van der Waals surface area contributed by atoms with Gasteiger partial charge in [-0.25, -0.2) is 0 Å². The first-order valence-electron chi connectivity index (χ1n) is 11.5. The lowest BCUT2D eigenvalue weighted by Crippen LogP contribution is -2.06. The predicted octanol–water partition coefficient (Wildman–Crippen LogP) is 5.62. The van der Waals surface area contributed by atoms with Crippen molar-refractivity contribution in [1.82, 2.24) is 14.8 Å². The maximum absolute atomic E-state index is 11.2. The van der Waals surface area contributed by atoms with Gasteiger partial charge in [-0.05, 0) is 55.6 Å². The van der Waals surface area contributed by atoms with E-state index in [2.05, 4.69) is 37.0 Å². The van der Waals surface area contributed by atoms with Crippen LogP contribution in [-0.4, -0.2) is 25.8 Å². The summed E-state index contributed by atoms with van der Waals surface area (Å²) in [7, 11) is 0. The zero-order chi connectivity index (χ0) is 24.5. The fraction of sp³-hybridized carbons (Fsp3) is 0.179. The SMILES string of the molecule is CC(C)n1nc(COc2ccccc2CC(=O)O)c2cc(-c3cc4cc(N)ccc4cn3)ccc21. The van der Waals surface area contributed by atoms with E-state index in [1.165, 1.54) is 0 Å². The summed E-state index contributed by atoms with van der Waals surface area (Å²) in [5.41, 5.74) is 10.9. The lowest BCUT2D eigenvalue weighted by atomic mass is 10.0. The van der Waals surface area contributed by atoms with Crippen LogP contribution in [0.4, 0.5) is 5.69 Å². The molecule has 3 aromatic carbocycles. The molecule has 0 atom stereocenters. The summed E-state index contributed by atoms with van der Waals surface area (Å²) in [6, 6.07) is 21.4. The summed E-state index contributed by atoms with van der Waals surface area (Å²) in [5.74, 6) is -0.350. The van der Waals surface area contributed by atoms with Crippen molar-refractivity contribution in [3.8, 4) is 17.0 Å². The minimum absolute atomic E-state index is 0.0976. The smallest absolute Gasteiger partial charge is 0.307 e. The van der Waals surface area contributed by atoms with E-state index in [1.807, 2.05) is 47.3 Å². The van der Waals surface area contributed by atoms with Crippen molar-refractivity contribution in [2.75, 3.05) is 5.73 Å². The molecule has 7 heteroatoms. The summed E-state index contributed by atoms with van der Waals surface area (Å²) < 4.78 is 8.05. The van der Waals surface area contributed by atoms with Gasteiger partial charge in [0.1, 0.15) is 18.1 Å². The first-order chi connectivity index (χ1) is 16.9. The first-order valence-corrected chi connectivity index (χ1v) is 11.5. The summed E-state index contributed by atoms with van der Waals surface area (Å²) in [6.45, 7) is 4.39. The highest BCUT2D eigenvalue weighted by Gasteiger charge is 2.16. The summed E-state index contributed by atoms with van der Waals surface area (Å²) in [4.78, 5) is 15.9. The molecule has 2 aromatic heterocycles. The molecule has 0 saturated heterocycles. The Bertz CT molecular complexity index is 1560. The number of rotatable bonds is 7. The van der Waals surface area contributed by atoms with Crippen molar-refractivity contribution < 1.29 is 14.6 Å². The van der Waals surface area contributed by atoms with Crippen LogP contribution in [-0.2, 0) is 17.8 Å². The van der Waals surface area contributed by atoms with Gasteiger partial charge in [0, 0.05) is 39.8 Å². The van der Waals surface area contributed by atoms with Gasteiger partial charge < -0.3 is 15.6 Å². The Hall–Kier alpha value is -4.39. The Labute approximate surface area is 202 Å². The number of aliphatic carboxylic acids is 1. The number of pyridine rings is 1. The lowest BCUT2D eigenvalue weighted by Gasteiger charge is -2.09. The standard InChI is InChI=1S/C28H26N4O3/c1-17(2)32-26-10-8-18(24-13-21-11-22(29)9-7-20(21)15-30-24)12-23(26)25(31-32)16-35-27-6-4-3-5-19(27)14-28(33)34/h3-13,15,17H,14,16,29H2,1-2H3,(H,33,34). The molecule has 7 nitrogen and oxygen atoms in total. The maximum atomic E-state index is 11.2. The topological polar surface area (TPSA) is 103 Å². The van der Waals surface area contributed by atoms with Crippen molar-refractivity contribution in [2.24, 2.45) is 0 Å². The van der Waals surface area contributed by atoms with Gasteiger partial charge in [-0.3, -0.25) is 14.5 Å². The second-order valence-electron chi connectivity index (χ2n) is 8.86. The number of carboxylic acids is 1.